The number of nitrogens with two attached hydrogens (primary N) is 1. The van der Waals surface area contributed by atoms with Gasteiger partial charge in [-0.05, 0) is 67.6 Å². The van der Waals surface area contributed by atoms with Gasteiger partial charge in [0.25, 0.3) is 5.91 Å². The summed E-state index contributed by atoms with van der Waals surface area (Å²) < 4.78 is 13.5. The maximum Gasteiger partial charge on any atom is 0.292 e. The van der Waals surface area contributed by atoms with Gasteiger partial charge in [0.15, 0.2) is 0 Å². The third-order valence-corrected chi connectivity index (χ3v) is 4.83. The number of hydrogen-bond acceptors (Lipinski definition) is 3. The fourth-order valence-corrected chi connectivity index (χ4v) is 2.75. The van der Waals surface area contributed by atoms with Crippen LogP contribution in [0.1, 0.15) is 27.8 Å². The van der Waals surface area contributed by atoms with Crippen molar-refractivity contribution in [3.05, 3.63) is 56.9 Å². The Kier molecular flexibility index (Phi) is 5.48. The molecule has 25 heavy (non-hydrogen) atoms. The summed E-state index contributed by atoms with van der Waals surface area (Å²) in [5, 5.41) is 2.64. The number of benzene rings is 2. The second-order valence-electron chi connectivity index (χ2n) is 6.09. The first-order valence-corrected chi connectivity index (χ1v) is 8.15. The number of hydrogen-bond donors (Lipinski definition) is 2. The van der Waals surface area contributed by atoms with Crippen LogP contribution >= 0.6 is 11.6 Å². The Bertz CT molecular complexity index is 849. The zero-order chi connectivity index (χ0) is 18.9. The number of Topliss-reactive ketones (excluding diaryl/α,β-unsaturated/α-hetero) is 1. The molecule has 0 fully saturated rings. The van der Waals surface area contributed by atoms with Gasteiger partial charge in [-0.3, -0.25) is 9.59 Å². The molecule has 0 aliphatic heterocycles. The Balaban J connectivity index is 2.22. The molecule has 0 saturated heterocycles. The van der Waals surface area contributed by atoms with Gasteiger partial charge in [0.05, 0.1) is 5.02 Å². The van der Waals surface area contributed by atoms with Gasteiger partial charge in [0.2, 0.25) is 5.78 Å². The summed E-state index contributed by atoms with van der Waals surface area (Å²) in [6.45, 7) is 7.41. The standard InChI is InChI=1S/C19H20ClFN2O2/c1-9-11(3)18(12(4)10(2)17(9)22)23-19(25)16(24)8-13-5-6-14(20)15(21)7-13/h5-7H,8,22H2,1-4H3,(H,23,25). The van der Waals surface area contributed by atoms with Crippen LogP contribution in [-0.2, 0) is 16.0 Å². The summed E-state index contributed by atoms with van der Waals surface area (Å²) in [5.74, 6) is -2.03. The van der Waals surface area contributed by atoms with Gasteiger partial charge < -0.3 is 11.1 Å². The average Bonchev–Trinajstić information content (AvgIpc) is 2.58. The minimum atomic E-state index is -0.745. The molecule has 4 nitrogen and oxygen atoms in total. The smallest absolute Gasteiger partial charge is 0.292 e. The van der Waals surface area contributed by atoms with Crippen molar-refractivity contribution in [2.75, 3.05) is 11.1 Å². The van der Waals surface area contributed by atoms with Gasteiger partial charge in [0, 0.05) is 17.8 Å². The molecule has 0 aliphatic rings. The Morgan fingerprint density at radius 2 is 1.64 bits per heavy atom. The van der Waals surface area contributed by atoms with E-state index in [2.05, 4.69) is 5.32 Å². The summed E-state index contributed by atoms with van der Waals surface area (Å²) >= 11 is 5.61. The van der Waals surface area contributed by atoms with E-state index in [1.54, 1.807) is 0 Å². The van der Waals surface area contributed by atoms with Gasteiger partial charge in [-0.15, -0.1) is 0 Å². The molecule has 3 N–H and O–H groups in total. The molecule has 1 amide bonds. The van der Waals surface area contributed by atoms with E-state index < -0.39 is 17.5 Å². The maximum absolute atomic E-state index is 13.5. The number of halogens is 2. The van der Waals surface area contributed by atoms with Crippen molar-refractivity contribution in [3.8, 4) is 0 Å². The molecular formula is C19H20ClFN2O2. The van der Waals surface area contributed by atoms with Gasteiger partial charge in [-0.25, -0.2) is 4.39 Å². The first-order chi connectivity index (χ1) is 11.6. The van der Waals surface area contributed by atoms with Crippen LogP contribution < -0.4 is 11.1 Å². The number of carbonyl (C=O) groups excluding carboxylic acids is 2. The van der Waals surface area contributed by atoms with Crippen LogP contribution in [0.5, 0.6) is 0 Å². The molecule has 0 aliphatic carbocycles. The Morgan fingerprint density at radius 3 is 2.16 bits per heavy atom. The van der Waals surface area contributed by atoms with Crippen LogP contribution in [0.3, 0.4) is 0 Å². The molecule has 2 aromatic rings. The average molecular weight is 363 g/mol. The van der Waals surface area contributed by atoms with Gasteiger partial charge >= 0.3 is 0 Å². The highest BCUT2D eigenvalue weighted by Gasteiger charge is 2.19. The lowest BCUT2D eigenvalue weighted by molar-refractivity contribution is -0.134. The summed E-state index contributed by atoms with van der Waals surface area (Å²) in [6.07, 6.45) is -0.203. The topological polar surface area (TPSA) is 72.2 Å². The number of anilines is 2. The quantitative estimate of drug-likeness (QED) is 0.636. The minimum Gasteiger partial charge on any atom is -0.398 e. The third kappa shape index (κ3) is 3.82. The van der Waals surface area contributed by atoms with Crippen LogP contribution in [-0.4, -0.2) is 11.7 Å². The van der Waals surface area contributed by atoms with Crippen molar-refractivity contribution < 1.29 is 14.0 Å². The van der Waals surface area contributed by atoms with E-state index in [0.717, 1.165) is 28.3 Å². The molecule has 0 bridgehead atoms. The molecule has 0 aromatic heterocycles. The lowest BCUT2D eigenvalue weighted by Crippen LogP contribution is -2.25. The molecule has 0 atom stereocenters. The second kappa shape index (κ2) is 7.23. The normalized spacial score (nSPS) is 10.6. The number of carbonyl (C=O) groups is 2. The van der Waals surface area contributed by atoms with E-state index in [0.29, 0.717) is 16.9 Å². The molecule has 0 heterocycles. The van der Waals surface area contributed by atoms with E-state index >= 15 is 0 Å². The van der Waals surface area contributed by atoms with Crippen molar-refractivity contribution in [3.63, 3.8) is 0 Å². The highest BCUT2D eigenvalue weighted by atomic mass is 35.5. The molecular weight excluding hydrogens is 343 g/mol. The van der Waals surface area contributed by atoms with Crippen LogP contribution in [0, 0.1) is 33.5 Å². The Labute approximate surface area is 151 Å². The summed E-state index contributed by atoms with van der Waals surface area (Å²) in [5.41, 5.74) is 11.1. The van der Waals surface area contributed by atoms with E-state index in [4.69, 9.17) is 17.3 Å². The summed E-state index contributed by atoms with van der Waals surface area (Å²) in [6, 6.07) is 4.03. The number of ketones is 1. The lowest BCUT2D eigenvalue weighted by Gasteiger charge is -2.18. The predicted molar refractivity (Wildman–Crippen MR) is 98.6 cm³/mol. The van der Waals surface area contributed by atoms with Gasteiger partial charge in [0.1, 0.15) is 5.82 Å². The second-order valence-corrected chi connectivity index (χ2v) is 6.50. The Hall–Kier alpha value is -2.40. The first kappa shape index (κ1) is 18.9. The largest absolute Gasteiger partial charge is 0.398 e. The van der Waals surface area contributed by atoms with E-state index in [1.807, 2.05) is 27.7 Å². The van der Waals surface area contributed by atoms with E-state index in [9.17, 15) is 14.0 Å². The third-order valence-electron chi connectivity index (χ3n) is 4.52. The zero-order valence-electron chi connectivity index (χ0n) is 14.6. The summed E-state index contributed by atoms with van der Waals surface area (Å²) in [4.78, 5) is 24.4. The molecule has 2 rings (SSSR count). The minimum absolute atomic E-state index is 0.0280. The van der Waals surface area contributed by atoms with E-state index in [-0.39, 0.29) is 11.4 Å². The number of amides is 1. The molecule has 0 unspecified atom stereocenters. The van der Waals surface area contributed by atoms with Crippen molar-refractivity contribution >= 4 is 34.7 Å². The van der Waals surface area contributed by atoms with Crippen molar-refractivity contribution in [1.82, 2.24) is 0 Å². The molecule has 0 spiro atoms. The molecule has 0 saturated carbocycles. The van der Waals surface area contributed by atoms with Crippen LogP contribution in [0.4, 0.5) is 15.8 Å². The SMILES string of the molecule is Cc1c(C)c(NC(=O)C(=O)Cc2ccc(Cl)c(F)c2)c(C)c(C)c1N. The van der Waals surface area contributed by atoms with Crippen LogP contribution in [0.15, 0.2) is 18.2 Å². The van der Waals surface area contributed by atoms with Crippen molar-refractivity contribution in [2.45, 2.75) is 34.1 Å². The molecule has 2 aromatic carbocycles. The molecule has 132 valence electrons. The van der Waals surface area contributed by atoms with Crippen molar-refractivity contribution in [2.24, 2.45) is 0 Å². The number of nitrogens with one attached hydrogen (secondary N) is 1. The lowest BCUT2D eigenvalue weighted by atomic mass is 9.96. The molecule has 0 radical (unpaired) electrons. The first-order valence-electron chi connectivity index (χ1n) is 7.77. The highest BCUT2D eigenvalue weighted by Crippen LogP contribution is 2.32. The monoisotopic (exact) mass is 362 g/mol. The van der Waals surface area contributed by atoms with Crippen LogP contribution in [0.25, 0.3) is 0 Å². The van der Waals surface area contributed by atoms with Crippen molar-refractivity contribution in [1.29, 1.82) is 0 Å². The molecule has 6 heteroatoms. The fourth-order valence-electron chi connectivity index (χ4n) is 2.63. The highest BCUT2D eigenvalue weighted by molar-refractivity contribution is 6.41. The predicted octanol–water partition coefficient (Wildman–Crippen LogP) is 4.05. The summed E-state index contributed by atoms with van der Waals surface area (Å²) in [7, 11) is 0. The number of nitrogen functional groups attached to an aromatic ring is 1. The maximum atomic E-state index is 13.5. The Morgan fingerprint density at radius 1 is 1.08 bits per heavy atom. The zero-order valence-corrected chi connectivity index (χ0v) is 15.3. The van der Waals surface area contributed by atoms with E-state index in [1.165, 1.54) is 12.1 Å². The fraction of sp³-hybridized carbons (Fsp3) is 0.263. The van der Waals surface area contributed by atoms with Gasteiger partial charge in [-0.1, -0.05) is 17.7 Å². The number of rotatable bonds is 4. The van der Waals surface area contributed by atoms with Crippen LogP contribution in [0.2, 0.25) is 5.02 Å². The van der Waals surface area contributed by atoms with Gasteiger partial charge in [-0.2, -0.15) is 0 Å².